The molecule has 0 fully saturated rings. The van der Waals surface area contributed by atoms with Gasteiger partial charge < -0.3 is 0 Å². The summed E-state index contributed by atoms with van der Waals surface area (Å²) in [5, 5.41) is 0. The summed E-state index contributed by atoms with van der Waals surface area (Å²) in [6.07, 6.45) is 0. The van der Waals surface area contributed by atoms with E-state index in [1.807, 2.05) is 25.1 Å². The van der Waals surface area contributed by atoms with Gasteiger partial charge in [0.25, 0.3) is 0 Å². The van der Waals surface area contributed by atoms with Crippen LogP contribution >= 0.6 is 0 Å². The zero-order chi connectivity index (χ0) is 15.5. The van der Waals surface area contributed by atoms with E-state index in [0.29, 0.717) is 16.8 Å². The molecule has 0 unspecified atom stereocenters. The number of carbonyl (C=O) groups excluding carboxylic acids is 1. The number of ketones is 1. The number of nitrogens with one attached hydrogen (secondary N) is 1. The van der Waals surface area contributed by atoms with Crippen LogP contribution in [-0.2, 0) is 10.0 Å². The lowest BCUT2D eigenvalue weighted by atomic mass is 9.99. The summed E-state index contributed by atoms with van der Waals surface area (Å²) < 4.78 is 25.4. The molecule has 1 N–H and O–H groups in total. The summed E-state index contributed by atoms with van der Waals surface area (Å²) in [6.45, 7) is 3.45. The van der Waals surface area contributed by atoms with Crippen LogP contribution < -0.4 is 4.72 Å². The van der Waals surface area contributed by atoms with E-state index in [2.05, 4.69) is 4.72 Å². The lowest BCUT2D eigenvalue weighted by molar-refractivity contribution is 0.103. The lowest BCUT2D eigenvalue weighted by Crippen LogP contribution is -2.14. The van der Waals surface area contributed by atoms with E-state index in [0.717, 1.165) is 5.56 Å². The van der Waals surface area contributed by atoms with E-state index in [1.54, 1.807) is 37.3 Å². The largest absolute Gasteiger partial charge is 0.289 e. The molecule has 4 nitrogen and oxygen atoms in total. The topological polar surface area (TPSA) is 63.2 Å². The van der Waals surface area contributed by atoms with Crippen LogP contribution in [0.25, 0.3) is 0 Å². The number of hydrogen-bond acceptors (Lipinski definition) is 3. The van der Waals surface area contributed by atoms with Gasteiger partial charge in [-0.1, -0.05) is 24.3 Å². The van der Waals surface area contributed by atoms with Gasteiger partial charge in [0, 0.05) is 16.8 Å². The molecule has 0 aliphatic heterocycles. The molecule has 0 atom stereocenters. The second kappa shape index (κ2) is 6.10. The van der Waals surface area contributed by atoms with Crippen molar-refractivity contribution in [1.29, 1.82) is 0 Å². The molecule has 21 heavy (non-hydrogen) atoms. The first-order chi connectivity index (χ1) is 9.93. The van der Waals surface area contributed by atoms with Crippen molar-refractivity contribution < 1.29 is 13.2 Å². The van der Waals surface area contributed by atoms with Crippen LogP contribution in [0.2, 0.25) is 0 Å². The SMILES string of the molecule is CCS(=O)(=O)Nc1ccc(C(=O)c2ccccc2C)cc1. The zero-order valence-corrected chi connectivity index (χ0v) is 12.8. The minimum Gasteiger partial charge on any atom is -0.289 e. The predicted octanol–water partition coefficient (Wildman–Crippen LogP) is 2.99. The Labute approximate surface area is 124 Å². The van der Waals surface area contributed by atoms with Crippen molar-refractivity contribution in [2.45, 2.75) is 13.8 Å². The Morgan fingerprint density at radius 2 is 1.67 bits per heavy atom. The third-order valence-electron chi connectivity index (χ3n) is 3.19. The molecule has 0 spiro atoms. The molecule has 2 aromatic rings. The summed E-state index contributed by atoms with van der Waals surface area (Å²) in [5.74, 6) is -0.0605. The number of hydrogen-bond donors (Lipinski definition) is 1. The fourth-order valence-corrected chi connectivity index (χ4v) is 2.56. The highest BCUT2D eigenvalue weighted by Crippen LogP contribution is 2.17. The van der Waals surface area contributed by atoms with Crippen LogP contribution in [0.15, 0.2) is 48.5 Å². The van der Waals surface area contributed by atoms with Gasteiger partial charge in [-0.3, -0.25) is 9.52 Å². The summed E-state index contributed by atoms with van der Waals surface area (Å²) >= 11 is 0. The molecule has 5 heteroatoms. The normalized spacial score (nSPS) is 11.1. The molecule has 0 aromatic heterocycles. The Bertz CT molecular complexity index is 749. The molecular formula is C16H17NO3S. The monoisotopic (exact) mass is 303 g/mol. The summed E-state index contributed by atoms with van der Waals surface area (Å²) in [5.41, 5.74) is 2.56. The van der Waals surface area contributed by atoms with Gasteiger partial charge in [0.1, 0.15) is 0 Å². The third-order valence-corrected chi connectivity index (χ3v) is 4.50. The second-order valence-corrected chi connectivity index (χ2v) is 6.74. The highest BCUT2D eigenvalue weighted by Gasteiger charge is 2.12. The Morgan fingerprint density at radius 3 is 2.24 bits per heavy atom. The highest BCUT2D eigenvalue weighted by atomic mass is 32.2. The molecule has 2 rings (SSSR count). The van der Waals surface area contributed by atoms with Crippen LogP contribution in [0.5, 0.6) is 0 Å². The lowest BCUT2D eigenvalue weighted by Gasteiger charge is -2.08. The van der Waals surface area contributed by atoms with Crippen LogP contribution in [0.4, 0.5) is 5.69 Å². The molecule has 0 radical (unpaired) electrons. The fraction of sp³-hybridized carbons (Fsp3) is 0.188. The predicted molar refractivity (Wildman–Crippen MR) is 84.1 cm³/mol. The quantitative estimate of drug-likeness (QED) is 0.864. The smallest absolute Gasteiger partial charge is 0.232 e. The van der Waals surface area contributed by atoms with Gasteiger partial charge in [-0.2, -0.15) is 0 Å². The number of aryl methyl sites for hydroxylation is 1. The van der Waals surface area contributed by atoms with Crippen LogP contribution in [-0.4, -0.2) is 20.0 Å². The standard InChI is InChI=1S/C16H17NO3S/c1-3-21(19,20)17-14-10-8-13(9-11-14)16(18)15-7-5-4-6-12(15)2/h4-11,17H,3H2,1-2H3. The van der Waals surface area contributed by atoms with Gasteiger partial charge in [-0.05, 0) is 43.7 Å². The van der Waals surface area contributed by atoms with Crippen LogP contribution in [0.3, 0.4) is 0 Å². The Kier molecular flexibility index (Phi) is 4.43. The third kappa shape index (κ3) is 3.70. The minimum absolute atomic E-state index is 0.0108. The average molecular weight is 303 g/mol. The first kappa shape index (κ1) is 15.3. The van der Waals surface area contributed by atoms with Gasteiger partial charge in [0.2, 0.25) is 10.0 Å². The first-order valence-corrected chi connectivity index (χ1v) is 8.29. The average Bonchev–Trinajstić information content (AvgIpc) is 2.47. The maximum absolute atomic E-state index is 12.4. The van der Waals surface area contributed by atoms with E-state index in [9.17, 15) is 13.2 Å². The number of rotatable bonds is 5. The van der Waals surface area contributed by atoms with Gasteiger partial charge in [0.15, 0.2) is 5.78 Å². The molecule has 0 heterocycles. The van der Waals surface area contributed by atoms with E-state index in [-0.39, 0.29) is 11.5 Å². The molecule has 0 bridgehead atoms. The van der Waals surface area contributed by atoms with E-state index < -0.39 is 10.0 Å². The number of benzene rings is 2. The molecule has 0 amide bonds. The van der Waals surface area contributed by atoms with Crippen molar-refractivity contribution >= 4 is 21.5 Å². The van der Waals surface area contributed by atoms with Crippen molar-refractivity contribution in [1.82, 2.24) is 0 Å². The Morgan fingerprint density at radius 1 is 1.05 bits per heavy atom. The zero-order valence-electron chi connectivity index (χ0n) is 12.0. The van der Waals surface area contributed by atoms with Crippen LogP contribution in [0.1, 0.15) is 28.4 Å². The number of sulfonamides is 1. The van der Waals surface area contributed by atoms with Crippen LogP contribution in [0, 0.1) is 6.92 Å². The van der Waals surface area contributed by atoms with Crippen molar-refractivity contribution in [2.75, 3.05) is 10.5 Å². The molecular weight excluding hydrogens is 286 g/mol. The Balaban J connectivity index is 2.24. The van der Waals surface area contributed by atoms with E-state index in [1.165, 1.54) is 0 Å². The summed E-state index contributed by atoms with van der Waals surface area (Å²) in [6, 6.07) is 13.8. The highest BCUT2D eigenvalue weighted by molar-refractivity contribution is 7.92. The molecule has 2 aromatic carbocycles. The second-order valence-electron chi connectivity index (χ2n) is 4.73. The number of anilines is 1. The van der Waals surface area contributed by atoms with Crippen molar-refractivity contribution in [2.24, 2.45) is 0 Å². The van der Waals surface area contributed by atoms with Crippen molar-refractivity contribution in [3.8, 4) is 0 Å². The fourth-order valence-electron chi connectivity index (χ4n) is 1.92. The van der Waals surface area contributed by atoms with E-state index >= 15 is 0 Å². The van der Waals surface area contributed by atoms with E-state index in [4.69, 9.17) is 0 Å². The van der Waals surface area contributed by atoms with Crippen molar-refractivity contribution in [3.63, 3.8) is 0 Å². The van der Waals surface area contributed by atoms with Gasteiger partial charge in [0.05, 0.1) is 5.75 Å². The summed E-state index contributed by atoms with van der Waals surface area (Å²) in [4.78, 5) is 12.4. The van der Waals surface area contributed by atoms with Crippen molar-refractivity contribution in [3.05, 3.63) is 65.2 Å². The maximum atomic E-state index is 12.4. The first-order valence-electron chi connectivity index (χ1n) is 6.64. The number of carbonyl (C=O) groups is 1. The van der Waals surface area contributed by atoms with Gasteiger partial charge in [-0.25, -0.2) is 8.42 Å². The van der Waals surface area contributed by atoms with Gasteiger partial charge >= 0.3 is 0 Å². The molecule has 110 valence electrons. The molecule has 0 aliphatic rings. The van der Waals surface area contributed by atoms with Gasteiger partial charge in [-0.15, -0.1) is 0 Å². The minimum atomic E-state index is -3.30. The Hall–Kier alpha value is -2.14. The summed E-state index contributed by atoms with van der Waals surface area (Å²) in [7, 11) is -3.30. The maximum Gasteiger partial charge on any atom is 0.232 e. The molecule has 0 saturated carbocycles. The molecule has 0 saturated heterocycles. The molecule has 0 aliphatic carbocycles.